The Morgan fingerprint density at radius 1 is 1.52 bits per heavy atom. The first-order valence-electron chi connectivity index (χ1n) is 6.69. The molecular formula is C13H15N5O4S. The van der Waals surface area contributed by atoms with Crippen molar-refractivity contribution in [3.63, 3.8) is 0 Å². The highest BCUT2D eigenvalue weighted by molar-refractivity contribution is 7.99. The summed E-state index contributed by atoms with van der Waals surface area (Å²) in [5.74, 6) is 0.805. The first kappa shape index (κ1) is 16.7. The van der Waals surface area contributed by atoms with Gasteiger partial charge in [-0.1, -0.05) is 18.7 Å². The Hall–Kier alpha value is -2.62. The Kier molecular flexibility index (Phi) is 5.52. The second kappa shape index (κ2) is 7.58. The van der Waals surface area contributed by atoms with Crippen LogP contribution in [0.5, 0.6) is 5.75 Å². The van der Waals surface area contributed by atoms with Crippen LogP contribution in [-0.4, -0.2) is 38.9 Å². The van der Waals surface area contributed by atoms with Gasteiger partial charge in [0.15, 0.2) is 0 Å². The number of aryl methyl sites for hydroxylation is 1. The van der Waals surface area contributed by atoms with Gasteiger partial charge in [0.1, 0.15) is 11.6 Å². The Morgan fingerprint density at radius 3 is 2.91 bits per heavy atom. The summed E-state index contributed by atoms with van der Waals surface area (Å²) < 4.78 is 5.06. The number of nitrogens with one attached hydrogen (secondary N) is 2. The maximum absolute atomic E-state index is 12.0. The van der Waals surface area contributed by atoms with Crippen molar-refractivity contribution in [2.75, 3.05) is 18.2 Å². The summed E-state index contributed by atoms with van der Waals surface area (Å²) in [4.78, 5) is 26.4. The quantitative estimate of drug-likeness (QED) is 0.450. The van der Waals surface area contributed by atoms with Crippen LogP contribution in [0.2, 0.25) is 0 Å². The lowest BCUT2D eigenvalue weighted by Crippen LogP contribution is -2.14. The van der Waals surface area contributed by atoms with Gasteiger partial charge >= 0.3 is 0 Å². The fourth-order valence-electron chi connectivity index (χ4n) is 1.71. The van der Waals surface area contributed by atoms with Crippen LogP contribution in [0.25, 0.3) is 0 Å². The normalized spacial score (nSPS) is 10.3. The van der Waals surface area contributed by atoms with E-state index in [0.717, 1.165) is 12.2 Å². The van der Waals surface area contributed by atoms with Crippen molar-refractivity contribution in [3.05, 3.63) is 34.1 Å². The number of non-ortho nitro benzene ring substituents is 1. The number of nitrogens with zero attached hydrogens (tertiary/aromatic N) is 3. The number of carbonyl (C=O) groups excluding carboxylic acids is 1. The number of nitro benzene ring substituents is 1. The molecule has 0 saturated heterocycles. The van der Waals surface area contributed by atoms with Crippen molar-refractivity contribution < 1.29 is 14.5 Å². The molecule has 0 fully saturated rings. The molecule has 0 saturated carbocycles. The first-order valence-corrected chi connectivity index (χ1v) is 7.68. The number of ether oxygens (including phenoxy) is 1. The van der Waals surface area contributed by atoms with Gasteiger partial charge in [0, 0.05) is 12.5 Å². The summed E-state index contributed by atoms with van der Waals surface area (Å²) in [7, 11) is 1.38. The second-order valence-electron chi connectivity index (χ2n) is 4.40. The molecule has 0 aliphatic heterocycles. The predicted molar refractivity (Wildman–Crippen MR) is 84.8 cm³/mol. The third-order valence-corrected chi connectivity index (χ3v) is 3.70. The van der Waals surface area contributed by atoms with Crippen LogP contribution in [0.3, 0.4) is 0 Å². The summed E-state index contributed by atoms with van der Waals surface area (Å²) in [5, 5.41) is 20.6. The third-order valence-electron chi connectivity index (χ3n) is 2.85. The topological polar surface area (TPSA) is 123 Å². The van der Waals surface area contributed by atoms with Crippen molar-refractivity contribution in [2.24, 2.45) is 0 Å². The molecule has 122 valence electrons. The average molecular weight is 337 g/mol. The zero-order valence-electron chi connectivity index (χ0n) is 12.5. The van der Waals surface area contributed by atoms with Gasteiger partial charge < -0.3 is 10.1 Å². The minimum Gasteiger partial charge on any atom is -0.494 e. The fourth-order valence-corrected chi connectivity index (χ4v) is 2.33. The van der Waals surface area contributed by atoms with E-state index >= 15 is 0 Å². The van der Waals surface area contributed by atoms with Gasteiger partial charge in [-0.05, 0) is 6.07 Å². The molecule has 23 heavy (non-hydrogen) atoms. The molecule has 1 heterocycles. The van der Waals surface area contributed by atoms with Gasteiger partial charge in [0.2, 0.25) is 11.1 Å². The molecule has 1 aromatic heterocycles. The van der Waals surface area contributed by atoms with E-state index in [2.05, 4.69) is 20.5 Å². The first-order chi connectivity index (χ1) is 11.0. The van der Waals surface area contributed by atoms with E-state index < -0.39 is 4.92 Å². The molecule has 1 aromatic carbocycles. The molecular weight excluding hydrogens is 322 g/mol. The molecule has 10 heteroatoms. The van der Waals surface area contributed by atoms with Gasteiger partial charge in [0.05, 0.1) is 29.5 Å². The molecule has 0 atom stereocenters. The van der Waals surface area contributed by atoms with Crippen molar-refractivity contribution in [1.82, 2.24) is 15.2 Å². The number of H-pyrrole nitrogens is 1. The third kappa shape index (κ3) is 4.42. The Balaban J connectivity index is 1.98. The molecule has 0 bridgehead atoms. The monoisotopic (exact) mass is 337 g/mol. The molecule has 0 spiro atoms. The number of hydrogen-bond acceptors (Lipinski definition) is 7. The zero-order valence-corrected chi connectivity index (χ0v) is 13.3. The minimum absolute atomic E-state index is 0.109. The molecule has 0 unspecified atom stereocenters. The minimum atomic E-state index is -0.529. The summed E-state index contributed by atoms with van der Waals surface area (Å²) in [5.41, 5.74) is 0.259. The lowest BCUT2D eigenvalue weighted by Gasteiger charge is -2.09. The van der Waals surface area contributed by atoms with Crippen LogP contribution < -0.4 is 10.1 Å². The number of methoxy groups -OCH3 is 1. The molecule has 9 nitrogen and oxygen atoms in total. The Labute approximate surface area is 136 Å². The molecule has 1 amide bonds. The summed E-state index contributed by atoms with van der Waals surface area (Å²) in [6, 6.07) is 3.99. The van der Waals surface area contributed by atoms with Crippen LogP contribution in [0.4, 0.5) is 11.4 Å². The van der Waals surface area contributed by atoms with E-state index in [9.17, 15) is 14.9 Å². The molecule has 0 radical (unpaired) electrons. The second-order valence-corrected chi connectivity index (χ2v) is 5.34. The van der Waals surface area contributed by atoms with Crippen LogP contribution in [0.1, 0.15) is 12.7 Å². The largest absolute Gasteiger partial charge is 0.494 e. The van der Waals surface area contributed by atoms with Crippen LogP contribution >= 0.6 is 11.8 Å². The van der Waals surface area contributed by atoms with Gasteiger partial charge in [-0.25, -0.2) is 4.98 Å². The molecule has 0 aliphatic rings. The Bertz CT molecular complexity index is 718. The van der Waals surface area contributed by atoms with Gasteiger partial charge in [-0.2, -0.15) is 0 Å². The van der Waals surface area contributed by atoms with E-state index in [1.807, 2.05) is 6.92 Å². The van der Waals surface area contributed by atoms with Crippen molar-refractivity contribution >= 4 is 29.0 Å². The number of carbonyl (C=O) groups is 1. The lowest BCUT2D eigenvalue weighted by atomic mass is 10.2. The smallest absolute Gasteiger partial charge is 0.273 e. The zero-order chi connectivity index (χ0) is 16.8. The van der Waals surface area contributed by atoms with Crippen LogP contribution in [-0.2, 0) is 11.2 Å². The van der Waals surface area contributed by atoms with Gasteiger partial charge in [0.25, 0.3) is 5.69 Å². The average Bonchev–Trinajstić information content (AvgIpc) is 3.01. The van der Waals surface area contributed by atoms with Crippen molar-refractivity contribution in [2.45, 2.75) is 18.5 Å². The molecule has 2 rings (SSSR count). The highest BCUT2D eigenvalue weighted by Gasteiger charge is 2.14. The molecule has 2 N–H and O–H groups in total. The van der Waals surface area contributed by atoms with E-state index in [4.69, 9.17) is 4.74 Å². The summed E-state index contributed by atoms with van der Waals surface area (Å²) >= 11 is 1.19. The van der Waals surface area contributed by atoms with Gasteiger partial charge in [-0.15, -0.1) is 5.10 Å². The number of thioether (sulfide) groups is 1. The SMILES string of the molecule is CCc1nc(SCC(=O)Nc2ccc([N+](=O)[O-])cc2OC)n[nH]1. The predicted octanol–water partition coefficient (Wildman–Crippen LogP) is 2.01. The summed E-state index contributed by atoms with van der Waals surface area (Å²) in [6.07, 6.45) is 0.736. The maximum atomic E-state index is 12.0. The van der Waals surface area contributed by atoms with Gasteiger partial charge in [-0.3, -0.25) is 20.0 Å². The van der Waals surface area contributed by atoms with E-state index in [0.29, 0.717) is 10.8 Å². The number of hydrogen-bond donors (Lipinski definition) is 2. The van der Waals surface area contributed by atoms with E-state index in [1.54, 1.807) is 0 Å². The number of rotatable bonds is 7. The van der Waals surface area contributed by atoms with Crippen molar-refractivity contribution in [1.29, 1.82) is 0 Å². The van der Waals surface area contributed by atoms with Crippen LogP contribution in [0.15, 0.2) is 23.4 Å². The number of anilines is 1. The lowest BCUT2D eigenvalue weighted by molar-refractivity contribution is -0.384. The number of aromatic amines is 1. The van der Waals surface area contributed by atoms with E-state index in [1.165, 1.54) is 37.1 Å². The highest BCUT2D eigenvalue weighted by Crippen LogP contribution is 2.29. The maximum Gasteiger partial charge on any atom is 0.273 e. The van der Waals surface area contributed by atoms with Crippen LogP contribution in [0, 0.1) is 10.1 Å². The standard InChI is InChI=1S/C13H15N5O4S/c1-3-11-15-13(17-16-11)23-7-12(19)14-9-5-4-8(18(20)21)6-10(9)22-2/h4-6H,3,7H2,1-2H3,(H,14,19)(H,15,16,17). The highest BCUT2D eigenvalue weighted by atomic mass is 32.2. The van der Waals surface area contributed by atoms with Crippen molar-refractivity contribution in [3.8, 4) is 5.75 Å². The van der Waals surface area contributed by atoms with E-state index in [-0.39, 0.29) is 23.1 Å². The number of aromatic nitrogens is 3. The molecule has 2 aromatic rings. The Morgan fingerprint density at radius 2 is 2.30 bits per heavy atom. The number of benzene rings is 1. The fraction of sp³-hybridized carbons (Fsp3) is 0.308. The summed E-state index contributed by atoms with van der Waals surface area (Å²) in [6.45, 7) is 1.95. The number of nitro groups is 1. The number of amides is 1. The molecule has 0 aliphatic carbocycles.